The van der Waals surface area contributed by atoms with Crippen molar-refractivity contribution in [3.8, 4) is 0 Å². The van der Waals surface area contributed by atoms with E-state index in [9.17, 15) is 4.79 Å². The minimum Gasteiger partial charge on any atom is -0.350 e. The predicted molar refractivity (Wildman–Crippen MR) is 113 cm³/mol. The van der Waals surface area contributed by atoms with Crippen LogP contribution >= 0.6 is 0 Å². The van der Waals surface area contributed by atoms with Crippen molar-refractivity contribution in [2.75, 3.05) is 6.54 Å². The maximum atomic E-state index is 12.5. The van der Waals surface area contributed by atoms with Crippen molar-refractivity contribution in [1.82, 2.24) is 25.3 Å². The van der Waals surface area contributed by atoms with Gasteiger partial charge in [-0.3, -0.25) is 9.78 Å². The summed E-state index contributed by atoms with van der Waals surface area (Å²) in [5.41, 5.74) is 4.06. The van der Waals surface area contributed by atoms with Crippen LogP contribution in [0.2, 0.25) is 0 Å². The number of benzene rings is 2. The molecular weight excluding hydrogens is 362 g/mol. The number of nitrogens with zero attached hydrogens (tertiary/aromatic N) is 3. The Bertz CT molecular complexity index is 1130. The number of amides is 1. The van der Waals surface area contributed by atoms with E-state index in [0.29, 0.717) is 24.1 Å². The summed E-state index contributed by atoms with van der Waals surface area (Å²) in [6.07, 6.45) is 5.92. The van der Waals surface area contributed by atoms with Crippen molar-refractivity contribution < 1.29 is 4.79 Å². The second-order valence-electron chi connectivity index (χ2n) is 7.81. The lowest BCUT2D eigenvalue weighted by molar-refractivity contribution is 0.0937. The molecule has 1 aliphatic carbocycles. The van der Waals surface area contributed by atoms with Gasteiger partial charge in [-0.1, -0.05) is 24.3 Å². The molecule has 0 saturated heterocycles. The minimum atomic E-state index is -0.150. The number of hydrogen-bond acceptors (Lipinski definition) is 4. The van der Waals surface area contributed by atoms with Crippen molar-refractivity contribution in [2.24, 2.45) is 5.92 Å². The van der Waals surface area contributed by atoms with Crippen LogP contribution in [0.1, 0.15) is 47.9 Å². The molecule has 0 spiro atoms. The van der Waals surface area contributed by atoms with Gasteiger partial charge in [-0.15, -0.1) is 0 Å². The lowest BCUT2D eigenvalue weighted by Crippen LogP contribution is -2.31. The standard InChI is InChI=1S/C23H23N5O/c29-23(21-14-24-17-5-1-2-6-18(17)26-21)25-13-15-9-11-16(12-10-15)22-27-19-7-3-4-8-20(19)28-22/h1-8,14-16H,9-13H2,(H,25,29)(H,27,28). The molecule has 1 amide bonds. The van der Waals surface area contributed by atoms with Crippen LogP contribution < -0.4 is 5.32 Å². The van der Waals surface area contributed by atoms with Crippen LogP contribution in [0.4, 0.5) is 0 Å². The number of para-hydroxylation sites is 4. The van der Waals surface area contributed by atoms with E-state index in [1.165, 1.54) is 0 Å². The van der Waals surface area contributed by atoms with Gasteiger partial charge in [0.2, 0.25) is 0 Å². The quantitative estimate of drug-likeness (QED) is 0.551. The van der Waals surface area contributed by atoms with E-state index in [4.69, 9.17) is 4.98 Å². The molecule has 146 valence electrons. The highest BCUT2D eigenvalue weighted by Gasteiger charge is 2.25. The first-order valence-electron chi connectivity index (χ1n) is 10.2. The Morgan fingerprint density at radius 3 is 2.45 bits per heavy atom. The molecule has 0 radical (unpaired) electrons. The van der Waals surface area contributed by atoms with Crippen LogP contribution in [0.15, 0.2) is 54.7 Å². The van der Waals surface area contributed by atoms with Crippen LogP contribution in [0.5, 0.6) is 0 Å². The van der Waals surface area contributed by atoms with E-state index in [-0.39, 0.29) is 5.91 Å². The number of aromatic amines is 1. The summed E-state index contributed by atoms with van der Waals surface area (Å²) < 4.78 is 0. The molecule has 6 heteroatoms. The van der Waals surface area contributed by atoms with Gasteiger partial charge < -0.3 is 10.3 Å². The first-order valence-corrected chi connectivity index (χ1v) is 10.2. The molecule has 0 atom stereocenters. The number of fused-ring (bicyclic) bond motifs is 2. The van der Waals surface area contributed by atoms with Crippen LogP contribution in [0.25, 0.3) is 22.1 Å². The second kappa shape index (κ2) is 7.62. The highest BCUT2D eigenvalue weighted by atomic mass is 16.1. The molecule has 0 aliphatic heterocycles. The summed E-state index contributed by atoms with van der Waals surface area (Å²) in [6, 6.07) is 15.8. The third kappa shape index (κ3) is 3.70. The molecule has 5 rings (SSSR count). The molecule has 2 aromatic carbocycles. The molecule has 1 fully saturated rings. The van der Waals surface area contributed by atoms with Gasteiger partial charge in [0.1, 0.15) is 11.5 Å². The molecule has 2 heterocycles. The second-order valence-corrected chi connectivity index (χ2v) is 7.81. The number of imidazole rings is 1. The number of nitrogens with one attached hydrogen (secondary N) is 2. The molecule has 0 bridgehead atoms. The van der Waals surface area contributed by atoms with Crippen LogP contribution in [0.3, 0.4) is 0 Å². The monoisotopic (exact) mass is 385 g/mol. The normalized spacial score (nSPS) is 19.4. The van der Waals surface area contributed by atoms with Gasteiger partial charge in [0.25, 0.3) is 5.91 Å². The number of carbonyl (C=O) groups is 1. The van der Waals surface area contributed by atoms with Crippen molar-refractivity contribution in [1.29, 1.82) is 0 Å². The topological polar surface area (TPSA) is 83.6 Å². The summed E-state index contributed by atoms with van der Waals surface area (Å²) in [5.74, 6) is 1.91. The molecule has 6 nitrogen and oxygen atoms in total. The molecular formula is C23H23N5O. The first kappa shape index (κ1) is 17.8. The van der Waals surface area contributed by atoms with Gasteiger partial charge in [-0.25, -0.2) is 9.97 Å². The van der Waals surface area contributed by atoms with E-state index in [0.717, 1.165) is 53.6 Å². The van der Waals surface area contributed by atoms with E-state index in [1.807, 2.05) is 42.5 Å². The number of carbonyl (C=O) groups excluding carboxylic acids is 1. The zero-order valence-electron chi connectivity index (χ0n) is 16.1. The van der Waals surface area contributed by atoms with Crippen molar-refractivity contribution in [3.05, 3.63) is 66.2 Å². The lowest BCUT2D eigenvalue weighted by atomic mass is 9.81. The number of hydrogen-bond donors (Lipinski definition) is 2. The summed E-state index contributed by atoms with van der Waals surface area (Å²) in [4.78, 5) is 29.5. The zero-order valence-corrected chi connectivity index (χ0v) is 16.1. The fraction of sp³-hybridized carbons (Fsp3) is 0.304. The molecule has 0 unspecified atom stereocenters. The molecule has 2 aromatic heterocycles. The third-order valence-corrected chi connectivity index (χ3v) is 5.87. The number of H-pyrrole nitrogens is 1. The Kier molecular flexibility index (Phi) is 4.68. The Hall–Kier alpha value is -3.28. The van der Waals surface area contributed by atoms with Crippen LogP contribution in [-0.4, -0.2) is 32.4 Å². The predicted octanol–water partition coefficient (Wildman–Crippen LogP) is 4.21. The molecule has 1 saturated carbocycles. The van der Waals surface area contributed by atoms with Crippen molar-refractivity contribution in [2.45, 2.75) is 31.6 Å². The van der Waals surface area contributed by atoms with Gasteiger partial charge in [-0.2, -0.15) is 0 Å². The van der Waals surface area contributed by atoms with Gasteiger partial charge in [-0.05, 0) is 55.9 Å². The zero-order chi connectivity index (χ0) is 19.6. The Morgan fingerprint density at radius 2 is 1.66 bits per heavy atom. The first-order chi connectivity index (χ1) is 14.3. The van der Waals surface area contributed by atoms with Gasteiger partial charge in [0.15, 0.2) is 0 Å². The van der Waals surface area contributed by atoms with Gasteiger partial charge in [0.05, 0.1) is 28.3 Å². The molecule has 1 aliphatic rings. The molecule has 2 N–H and O–H groups in total. The summed E-state index contributed by atoms with van der Waals surface area (Å²) in [6.45, 7) is 0.681. The van der Waals surface area contributed by atoms with Crippen LogP contribution in [-0.2, 0) is 0 Å². The van der Waals surface area contributed by atoms with Crippen molar-refractivity contribution >= 4 is 28.0 Å². The molecule has 4 aromatic rings. The van der Waals surface area contributed by atoms with Gasteiger partial charge in [0, 0.05) is 12.5 Å². The average molecular weight is 385 g/mol. The number of aromatic nitrogens is 4. The summed E-state index contributed by atoms with van der Waals surface area (Å²) in [7, 11) is 0. The van der Waals surface area contributed by atoms with E-state index < -0.39 is 0 Å². The maximum Gasteiger partial charge on any atom is 0.271 e. The highest BCUT2D eigenvalue weighted by Crippen LogP contribution is 2.35. The fourth-order valence-electron chi connectivity index (χ4n) is 4.20. The largest absolute Gasteiger partial charge is 0.350 e. The number of rotatable bonds is 4. The summed E-state index contributed by atoms with van der Waals surface area (Å²) in [5, 5.41) is 3.04. The highest BCUT2D eigenvalue weighted by molar-refractivity contribution is 5.93. The van der Waals surface area contributed by atoms with Crippen molar-refractivity contribution in [3.63, 3.8) is 0 Å². The molecule has 29 heavy (non-hydrogen) atoms. The maximum absolute atomic E-state index is 12.5. The Balaban J connectivity index is 1.16. The smallest absolute Gasteiger partial charge is 0.271 e. The van der Waals surface area contributed by atoms with Crippen LogP contribution in [0, 0.1) is 5.92 Å². The average Bonchev–Trinajstić information content (AvgIpc) is 3.22. The Labute approximate surface area is 168 Å². The van der Waals surface area contributed by atoms with E-state index in [1.54, 1.807) is 6.20 Å². The SMILES string of the molecule is O=C(NCC1CCC(c2nc3ccccc3[nH]2)CC1)c1cnc2ccccc2n1. The van der Waals surface area contributed by atoms with E-state index >= 15 is 0 Å². The third-order valence-electron chi connectivity index (χ3n) is 5.87. The fourth-order valence-corrected chi connectivity index (χ4v) is 4.20. The Morgan fingerprint density at radius 1 is 0.931 bits per heavy atom. The van der Waals surface area contributed by atoms with E-state index in [2.05, 4.69) is 26.3 Å². The van der Waals surface area contributed by atoms with Gasteiger partial charge >= 0.3 is 0 Å². The lowest BCUT2D eigenvalue weighted by Gasteiger charge is -2.27. The summed E-state index contributed by atoms with van der Waals surface area (Å²) >= 11 is 0. The minimum absolute atomic E-state index is 0.150.